The van der Waals surface area contributed by atoms with Crippen molar-refractivity contribution in [1.29, 1.82) is 0 Å². The Morgan fingerprint density at radius 1 is 1.21 bits per heavy atom. The lowest BCUT2D eigenvalue weighted by atomic mass is 10.1. The highest BCUT2D eigenvalue weighted by molar-refractivity contribution is 6.31. The molecule has 1 saturated heterocycles. The summed E-state index contributed by atoms with van der Waals surface area (Å²) in [6.07, 6.45) is 4.30. The summed E-state index contributed by atoms with van der Waals surface area (Å²) in [7, 11) is 0. The highest BCUT2D eigenvalue weighted by Crippen LogP contribution is 2.27. The summed E-state index contributed by atoms with van der Waals surface area (Å²) in [6.45, 7) is 1.47. The fourth-order valence-electron chi connectivity index (χ4n) is 2.26. The second-order valence-corrected chi connectivity index (χ2v) is 5.62. The van der Waals surface area contributed by atoms with Gasteiger partial charge in [-0.25, -0.2) is 4.39 Å². The van der Waals surface area contributed by atoms with Gasteiger partial charge in [-0.1, -0.05) is 30.5 Å². The Balaban J connectivity index is 2.10. The summed E-state index contributed by atoms with van der Waals surface area (Å²) in [5.41, 5.74) is 0.456. The van der Waals surface area contributed by atoms with Crippen LogP contribution in [0.3, 0.4) is 0 Å². The summed E-state index contributed by atoms with van der Waals surface area (Å²) < 4.78 is 13.4. The minimum Gasteiger partial charge on any atom is -0.341 e. The van der Waals surface area contributed by atoms with Gasteiger partial charge in [-0.3, -0.25) is 4.79 Å². The first-order chi connectivity index (χ1) is 9.09. The zero-order valence-electron chi connectivity index (χ0n) is 10.5. The van der Waals surface area contributed by atoms with Gasteiger partial charge >= 0.3 is 0 Å². The van der Waals surface area contributed by atoms with E-state index < -0.39 is 11.2 Å². The molecule has 1 heterocycles. The van der Waals surface area contributed by atoms with Crippen LogP contribution in [0, 0.1) is 5.82 Å². The second kappa shape index (κ2) is 6.58. The number of hydrogen-bond acceptors (Lipinski definition) is 1. The largest absolute Gasteiger partial charge is 0.341 e. The number of carbonyl (C=O) groups excluding carboxylic acids is 1. The molecule has 1 aromatic carbocycles. The van der Waals surface area contributed by atoms with Gasteiger partial charge in [0, 0.05) is 13.1 Å². The average Bonchev–Trinajstić information content (AvgIpc) is 2.69. The third-order valence-corrected chi connectivity index (χ3v) is 4.12. The molecule has 0 spiro atoms. The van der Waals surface area contributed by atoms with Crippen molar-refractivity contribution in [3.63, 3.8) is 0 Å². The Hall–Kier alpha value is -0.800. The molecule has 2 rings (SSSR count). The molecule has 0 bridgehead atoms. The molecule has 1 fully saturated rings. The number of rotatable bonds is 2. The Morgan fingerprint density at radius 2 is 1.84 bits per heavy atom. The summed E-state index contributed by atoms with van der Waals surface area (Å²) >= 11 is 11.8. The summed E-state index contributed by atoms with van der Waals surface area (Å²) in [6, 6.07) is 4.26. The minimum atomic E-state index is -0.843. The predicted molar refractivity (Wildman–Crippen MR) is 75.1 cm³/mol. The van der Waals surface area contributed by atoms with Crippen molar-refractivity contribution < 1.29 is 9.18 Å². The van der Waals surface area contributed by atoms with Crippen molar-refractivity contribution in [3.05, 3.63) is 34.6 Å². The van der Waals surface area contributed by atoms with Gasteiger partial charge in [0.1, 0.15) is 11.2 Å². The molecule has 1 amide bonds. The molecule has 5 heteroatoms. The topological polar surface area (TPSA) is 20.3 Å². The molecule has 19 heavy (non-hydrogen) atoms. The molecule has 1 aliphatic rings. The lowest BCUT2D eigenvalue weighted by molar-refractivity contribution is -0.130. The van der Waals surface area contributed by atoms with Gasteiger partial charge in [0.2, 0.25) is 5.91 Å². The first-order valence-electron chi connectivity index (χ1n) is 6.47. The monoisotopic (exact) mass is 303 g/mol. The van der Waals surface area contributed by atoms with Crippen molar-refractivity contribution >= 4 is 29.1 Å². The average molecular weight is 304 g/mol. The van der Waals surface area contributed by atoms with Gasteiger partial charge in [0.05, 0.1) is 5.02 Å². The van der Waals surface area contributed by atoms with E-state index in [0.29, 0.717) is 5.56 Å². The molecule has 1 unspecified atom stereocenters. The quantitative estimate of drug-likeness (QED) is 0.751. The fourth-order valence-corrected chi connectivity index (χ4v) is 2.66. The van der Waals surface area contributed by atoms with E-state index in [2.05, 4.69) is 0 Å². The van der Waals surface area contributed by atoms with E-state index in [9.17, 15) is 9.18 Å². The lowest BCUT2D eigenvalue weighted by Gasteiger charge is -2.23. The first kappa shape index (κ1) is 14.6. The molecule has 1 atom stereocenters. The Labute approximate surface area is 122 Å². The van der Waals surface area contributed by atoms with Crippen LogP contribution in [0.15, 0.2) is 18.2 Å². The van der Waals surface area contributed by atoms with Gasteiger partial charge < -0.3 is 4.90 Å². The maximum Gasteiger partial charge on any atom is 0.245 e. The van der Waals surface area contributed by atoms with Crippen molar-refractivity contribution in [2.75, 3.05) is 13.1 Å². The van der Waals surface area contributed by atoms with Gasteiger partial charge in [-0.05, 0) is 30.5 Å². The molecule has 104 valence electrons. The van der Waals surface area contributed by atoms with E-state index in [4.69, 9.17) is 23.2 Å². The van der Waals surface area contributed by atoms with Gasteiger partial charge in [0.15, 0.2) is 0 Å². The van der Waals surface area contributed by atoms with Crippen LogP contribution in [-0.4, -0.2) is 23.9 Å². The van der Waals surface area contributed by atoms with Crippen LogP contribution < -0.4 is 0 Å². The molecule has 1 aliphatic heterocycles. The van der Waals surface area contributed by atoms with Crippen LogP contribution in [0.5, 0.6) is 0 Å². The summed E-state index contributed by atoms with van der Waals surface area (Å²) in [5, 5.41) is -0.806. The molecule has 0 N–H and O–H groups in total. The van der Waals surface area contributed by atoms with Gasteiger partial charge in [-0.2, -0.15) is 0 Å². The lowest BCUT2D eigenvalue weighted by Crippen LogP contribution is -2.34. The third-order valence-electron chi connectivity index (χ3n) is 3.37. The van der Waals surface area contributed by atoms with Gasteiger partial charge in [0.25, 0.3) is 0 Å². The second-order valence-electron chi connectivity index (χ2n) is 4.78. The zero-order valence-corrected chi connectivity index (χ0v) is 12.1. The molecule has 0 radical (unpaired) electrons. The van der Waals surface area contributed by atoms with E-state index in [1.165, 1.54) is 12.1 Å². The number of alkyl halides is 1. The number of nitrogens with zero attached hydrogens (tertiary/aromatic N) is 1. The molecular weight excluding hydrogens is 288 g/mol. The smallest absolute Gasteiger partial charge is 0.245 e. The molecule has 0 aromatic heterocycles. The molecular formula is C14H16Cl2FNO. The normalized spacial score (nSPS) is 17.9. The van der Waals surface area contributed by atoms with E-state index in [0.717, 1.165) is 38.8 Å². The maximum absolute atomic E-state index is 13.4. The third kappa shape index (κ3) is 3.61. The van der Waals surface area contributed by atoms with Crippen LogP contribution in [0.2, 0.25) is 5.02 Å². The maximum atomic E-state index is 13.4. The minimum absolute atomic E-state index is 0.0369. The highest BCUT2D eigenvalue weighted by atomic mass is 35.5. The van der Waals surface area contributed by atoms with Crippen molar-refractivity contribution in [3.8, 4) is 0 Å². The molecule has 2 nitrogen and oxygen atoms in total. The number of hydrogen-bond donors (Lipinski definition) is 0. The first-order valence-corrected chi connectivity index (χ1v) is 7.29. The van der Waals surface area contributed by atoms with Crippen molar-refractivity contribution in [1.82, 2.24) is 4.90 Å². The number of likely N-dealkylation sites (tertiary alicyclic amines) is 1. The van der Waals surface area contributed by atoms with Crippen LogP contribution in [0.1, 0.15) is 36.6 Å². The Bertz CT molecular complexity index is 459. The van der Waals surface area contributed by atoms with Crippen molar-refractivity contribution in [2.24, 2.45) is 0 Å². The standard InChI is InChI=1S/C14H16Cl2FNO/c15-11-6-5-10(9-12(11)17)13(16)14(19)18-7-3-1-2-4-8-18/h5-6,9,13H,1-4,7-8H2. The van der Waals surface area contributed by atoms with Crippen LogP contribution >= 0.6 is 23.2 Å². The van der Waals surface area contributed by atoms with Crippen molar-refractivity contribution in [2.45, 2.75) is 31.1 Å². The molecule has 0 saturated carbocycles. The number of carbonyl (C=O) groups is 1. The predicted octanol–water partition coefficient (Wildman–Crippen LogP) is 4.16. The van der Waals surface area contributed by atoms with Crippen LogP contribution in [0.4, 0.5) is 4.39 Å². The van der Waals surface area contributed by atoms with E-state index in [-0.39, 0.29) is 10.9 Å². The van der Waals surface area contributed by atoms with E-state index in [1.54, 1.807) is 11.0 Å². The van der Waals surface area contributed by atoms with E-state index >= 15 is 0 Å². The van der Waals surface area contributed by atoms with Gasteiger partial charge in [-0.15, -0.1) is 11.6 Å². The number of benzene rings is 1. The summed E-state index contributed by atoms with van der Waals surface area (Å²) in [4.78, 5) is 14.1. The Kier molecular flexibility index (Phi) is 5.06. The molecule has 1 aromatic rings. The fraction of sp³-hybridized carbons (Fsp3) is 0.500. The highest BCUT2D eigenvalue weighted by Gasteiger charge is 2.25. The number of halogens is 3. The number of amides is 1. The molecule has 0 aliphatic carbocycles. The Morgan fingerprint density at radius 3 is 2.42 bits per heavy atom. The van der Waals surface area contributed by atoms with Crippen LogP contribution in [-0.2, 0) is 4.79 Å². The van der Waals surface area contributed by atoms with Crippen LogP contribution in [0.25, 0.3) is 0 Å². The summed E-state index contributed by atoms with van der Waals surface area (Å²) in [5.74, 6) is -0.696. The SMILES string of the molecule is O=C(C(Cl)c1ccc(Cl)c(F)c1)N1CCCCCC1. The zero-order chi connectivity index (χ0) is 13.8. The van der Waals surface area contributed by atoms with E-state index in [1.807, 2.05) is 0 Å².